The van der Waals surface area contributed by atoms with Crippen LogP contribution in [-0.2, 0) is 21.0 Å². The van der Waals surface area contributed by atoms with Gasteiger partial charge in [-0.15, -0.1) is 0 Å². The van der Waals surface area contributed by atoms with Gasteiger partial charge in [-0.25, -0.2) is 13.4 Å². The minimum absolute atomic E-state index is 0.0424. The summed E-state index contributed by atoms with van der Waals surface area (Å²) in [5.41, 5.74) is 1.22. The van der Waals surface area contributed by atoms with E-state index in [2.05, 4.69) is 21.7 Å². The van der Waals surface area contributed by atoms with Gasteiger partial charge in [0.25, 0.3) is 0 Å². The molecule has 1 aromatic rings. The zero-order valence-electron chi connectivity index (χ0n) is 14.8. The molecule has 2 rings (SSSR count). The normalized spacial score (nSPS) is 17.0. The summed E-state index contributed by atoms with van der Waals surface area (Å²) in [4.78, 5) is 4.55. The number of fused-ring (bicyclic) bond motifs is 1. The summed E-state index contributed by atoms with van der Waals surface area (Å²) in [6, 6.07) is 8.05. The Labute approximate surface area is 149 Å². The molecule has 0 radical (unpaired) electrons. The second-order valence-electron chi connectivity index (χ2n) is 5.94. The van der Waals surface area contributed by atoms with E-state index in [-0.39, 0.29) is 18.5 Å². The highest BCUT2D eigenvalue weighted by Crippen LogP contribution is 2.28. The monoisotopic (exact) mass is 369 g/mol. The number of aliphatic imine (C=N–C) groups is 1. The number of guanidine groups is 1. The number of rotatable bonds is 9. The van der Waals surface area contributed by atoms with Gasteiger partial charge in [0.2, 0.25) is 0 Å². The number of para-hydroxylation sites is 1. The van der Waals surface area contributed by atoms with Gasteiger partial charge in [0.05, 0.1) is 25.5 Å². The average molecular weight is 369 g/mol. The molecule has 0 saturated carbocycles. The van der Waals surface area contributed by atoms with Crippen LogP contribution in [0.15, 0.2) is 29.3 Å². The number of hydrogen-bond donors (Lipinski definition) is 2. The summed E-state index contributed by atoms with van der Waals surface area (Å²) in [5.74, 6) is 1.69. The molecular formula is C17H27N3O4S. The fraction of sp³-hybridized carbons (Fsp3) is 0.588. The number of nitrogens with one attached hydrogen (secondary N) is 2. The zero-order valence-corrected chi connectivity index (χ0v) is 15.6. The van der Waals surface area contributed by atoms with E-state index >= 15 is 0 Å². The average Bonchev–Trinajstić information content (AvgIpc) is 2.97. The van der Waals surface area contributed by atoms with Crippen molar-refractivity contribution in [3.05, 3.63) is 29.8 Å². The molecule has 0 spiro atoms. The van der Waals surface area contributed by atoms with Crippen molar-refractivity contribution >= 4 is 15.8 Å². The number of nitrogens with zero attached hydrogens (tertiary/aromatic N) is 1. The maximum atomic E-state index is 11.0. The van der Waals surface area contributed by atoms with Crippen LogP contribution in [0.1, 0.15) is 12.5 Å². The van der Waals surface area contributed by atoms with Gasteiger partial charge in [-0.1, -0.05) is 18.2 Å². The lowest BCUT2D eigenvalue weighted by molar-refractivity contribution is 0.154. The molecule has 1 heterocycles. The fourth-order valence-corrected chi connectivity index (χ4v) is 2.87. The van der Waals surface area contributed by atoms with E-state index in [9.17, 15) is 8.42 Å². The third kappa shape index (κ3) is 7.31. The van der Waals surface area contributed by atoms with E-state index in [0.717, 1.165) is 18.7 Å². The minimum atomic E-state index is -2.97. The molecule has 25 heavy (non-hydrogen) atoms. The SMILES string of the molecule is CCNC(=NCC1Cc2ccccc2O1)NCCOCCS(C)(=O)=O. The van der Waals surface area contributed by atoms with Gasteiger partial charge in [-0.2, -0.15) is 0 Å². The predicted octanol–water partition coefficient (Wildman–Crippen LogP) is 0.606. The van der Waals surface area contributed by atoms with Gasteiger partial charge in [-0.3, -0.25) is 0 Å². The molecule has 0 bridgehead atoms. The number of sulfone groups is 1. The molecule has 2 N–H and O–H groups in total. The summed E-state index contributed by atoms with van der Waals surface area (Å²) in [7, 11) is -2.97. The van der Waals surface area contributed by atoms with E-state index < -0.39 is 9.84 Å². The lowest BCUT2D eigenvalue weighted by Gasteiger charge is -2.13. The molecule has 0 amide bonds. The maximum absolute atomic E-state index is 11.0. The van der Waals surface area contributed by atoms with Gasteiger partial charge in [-0.05, 0) is 18.6 Å². The van der Waals surface area contributed by atoms with Gasteiger partial charge in [0, 0.05) is 25.8 Å². The van der Waals surface area contributed by atoms with Crippen molar-refractivity contribution < 1.29 is 17.9 Å². The quantitative estimate of drug-likeness (QED) is 0.377. The summed E-state index contributed by atoms with van der Waals surface area (Å²) < 4.78 is 33.2. The van der Waals surface area contributed by atoms with Gasteiger partial charge >= 0.3 is 0 Å². The molecule has 7 nitrogen and oxygen atoms in total. The van der Waals surface area contributed by atoms with Crippen LogP contribution in [-0.4, -0.2) is 65.3 Å². The largest absolute Gasteiger partial charge is 0.488 e. The highest BCUT2D eigenvalue weighted by molar-refractivity contribution is 7.90. The van der Waals surface area contributed by atoms with E-state index in [1.807, 2.05) is 25.1 Å². The van der Waals surface area contributed by atoms with E-state index in [0.29, 0.717) is 25.7 Å². The molecule has 0 fully saturated rings. The van der Waals surface area contributed by atoms with Crippen LogP contribution in [0.5, 0.6) is 5.75 Å². The third-order valence-electron chi connectivity index (χ3n) is 3.65. The van der Waals surface area contributed by atoms with Crippen molar-refractivity contribution in [2.24, 2.45) is 4.99 Å². The van der Waals surface area contributed by atoms with Crippen molar-refractivity contribution in [1.82, 2.24) is 10.6 Å². The molecule has 1 aliphatic rings. The first-order chi connectivity index (χ1) is 12.0. The Kier molecular flexibility index (Phi) is 7.52. The molecule has 1 atom stereocenters. The van der Waals surface area contributed by atoms with Gasteiger partial charge in [0.1, 0.15) is 21.7 Å². The first kappa shape index (κ1) is 19.5. The van der Waals surface area contributed by atoms with E-state index in [4.69, 9.17) is 9.47 Å². The van der Waals surface area contributed by atoms with E-state index in [1.54, 1.807) is 0 Å². The van der Waals surface area contributed by atoms with Gasteiger partial charge in [0.15, 0.2) is 5.96 Å². The van der Waals surface area contributed by atoms with Crippen molar-refractivity contribution in [2.45, 2.75) is 19.4 Å². The molecule has 1 aliphatic heterocycles. The number of hydrogen-bond acceptors (Lipinski definition) is 5. The molecule has 0 aliphatic carbocycles. The Bertz CT molecular complexity index is 651. The van der Waals surface area contributed by atoms with Crippen molar-refractivity contribution in [1.29, 1.82) is 0 Å². The molecule has 0 saturated heterocycles. The number of ether oxygens (including phenoxy) is 2. The first-order valence-corrected chi connectivity index (χ1v) is 10.6. The van der Waals surface area contributed by atoms with Crippen LogP contribution in [0.2, 0.25) is 0 Å². The second kappa shape index (κ2) is 9.62. The molecule has 0 aromatic heterocycles. The molecule has 1 aromatic carbocycles. The number of benzene rings is 1. The first-order valence-electron chi connectivity index (χ1n) is 8.50. The standard InChI is InChI=1S/C17H27N3O4S/c1-3-18-17(19-8-9-23-10-11-25(2,21)22)20-13-15-12-14-6-4-5-7-16(14)24-15/h4-7,15H,3,8-13H2,1-2H3,(H2,18,19,20). The third-order valence-corrected chi connectivity index (χ3v) is 4.56. The summed E-state index contributed by atoms with van der Waals surface area (Å²) in [5, 5.41) is 6.35. The van der Waals surface area contributed by atoms with Crippen LogP contribution in [0.4, 0.5) is 0 Å². The Hall–Kier alpha value is -1.80. The summed E-state index contributed by atoms with van der Waals surface area (Å²) in [6.45, 7) is 4.52. The van der Waals surface area contributed by atoms with Crippen LogP contribution in [0, 0.1) is 0 Å². The van der Waals surface area contributed by atoms with Crippen LogP contribution >= 0.6 is 0 Å². The Morgan fingerprint density at radius 1 is 1.32 bits per heavy atom. The lowest BCUT2D eigenvalue weighted by atomic mass is 10.1. The molecule has 1 unspecified atom stereocenters. The topological polar surface area (TPSA) is 89.0 Å². The summed E-state index contributed by atoms with van der Waals surface area (Å²) in [6.07, 6.45) is 2.13. The smallest absolute Gasteiger partial charge is 0.191 e. The Morgan fingerprint density at radius 2 is 2.12 bits per heavy atom. The minimum Gasteiger partial charge on any atom is -0.488 e. The maximum Gasteiger partial charge on any atom is 0.191 e. The lowest BCUT2D eigenvalue weighted by Crippen LogP contribution is -2.39. The van der Waals surface area contributed by atoms with Crippen molar-refractivity contribution in [2.75, 3.05) is 44.9 Å². The van der Waals surface area contributed by atoms with Crippen LogP contribution < -0.4 is 15.4 Å². The second-order valence-corrected chi connectivity index (χ2v) is 8.20. The van der Waals surface area contributed by atoms with Crippen LogP contribution in [0.3, 0.4) is 0 Å². The van der Waals surface area contributed by atoms with E-state index in [1.165, 1.54) is 11.8 Å². The van der Waals surface area contributed by atoms with Crippen molar-refractivity contribution in [3.8, 4) is 5.75 Å². The molecule has 8 heteroatoms. The van der Waals surface area contributed by atoms with Crippen LogP contribution in [0.25, 0.3) is 0 Å². The van der Waals surface area contributed by atoms with Gasteiger partial charge < -0.3 is 20.1 Å². The highest BCUT2D eigenvalue weighted by atomic mass is 32.2. The fourth-order valence-electron chi connectivity index (χ4n) is 2.44. The highest BCUT2D eigenvalue weighted by Gasteiger charge is 2.21. The molecular weight excluding hydrogens is 342 g/mol. The zero-order chi connectivity index (χ0) is 18.1. The Morgan fingerprint density at radius 3 is 2.84 bits per heavy atom. The summed E-state index contributed by atoms with van der Waals surface area (Å²) >= 11 is 0. The van der Waals surface area contributed by atoms with Crippen molar-refractivity contribution in [3.63, 3.8) is 0 Å². The Balaban J connectivity index is 1.70. The predicted molar refractivity (Wildman–Crippen MR) is 99.1 cm³/mol. The molecule has 140 valence electrons.